The van der Waals surface area contributed by atoms with Gasteiger partial charge in [-0.25, -0.2) is 9.59 Å². The zero-order valence-electron chi connectivity index (χ0n) is 12.6. The minimum Gasteiger partial charge on any atom is -0.465 e. The standard InChI is InChI=1S/C17H13F3O4/c1-23-15(21)12-8-6-11(7-9-12)10-24-16(22)13-4-2-3-5-14(13)17(18,19)20/h2-9H,10H2,1H3. The Morgan fingerprint density at radius 1 is 0.958 bits per heavy atom. The number of hydrogen-bond acceptors (Lipinski definition) is 4. The summed E-state index contributed by atoms with van der Waals surface area (Å²) < 4.78 is 48.1. The SMILES string of the molecule is COC(=O)c1ccc(COC(=O)c2ccccc2C(F)(F)F)cc1. The molecule has 2 aromatic rings. The lowest BCUT2D eigenvalue weighted by Crippen LogP contribution is -2.15. The lowest BCUT2D eigenvalue weighted by Gasteiger charge is -2.12. The topological polar surface area (TPSA) is 52.6 Å². The van der Waals surface area contributed by atoms with E-state index < -0.39 is 29.2 Å². The molecule has 0 aliphatic heterocycles. The van der Waals surface area contributed by atoms with Crippen molar-refractivity contribution in [3.05, 3.63) is 70.8 Å². The molecule has 4 nitrogen and oxygen atoms in total. The number of methoxy groups -OCH3 is 1. The van der Waals surface area contributed by atoms with Crippen LogP contribution in [0.2, 0.25) is 0 Å². The van der Waals surface area contributed by atoms with Crippen molar-refractivity contribution in [3.63, 3.8) is 0 Å². The molecule has 0 bridgehead atoms. The normalized spacial score (nSPS) is 11.0. The minimum absolute atomic E-state index is 0.216. The maximum absolute atomic E-state index is 12.9. The van der Waals surface area contributed by atoms with Crippen LogP contribution in [-0.4, -0.2) is 19.0 Å². The molecule has 0 N–H and O–H groups in total. The Bertz CT molecular complexity index is 736. The fourth-order valence-electron chi connectivity index (χ4n) is 1.99. The average Bonchev–Trinajstić information content (AvgIpc) is 2.58. The summed E-state index contributed by atoms with van der Waals surface area (Å²) in [6.07, 6.45) is -4.64. The highest BCUT2D eigenvalue weighted by molar-refractivity contribution is 5.91. The molecule has 0 saturated carbocycles. The highest BCUT2D eigenvalue weighted by atomic mass is 19.4. The van der Waals surface area contributed by atoms with Crippen molar-refractivity contribution in [2.24, 2.45) is 0 Å². The van der Waals surface area contributed by atoms with E-state index in [-0.39, 0.29) is 6.61 Å². The summed E-state index contributed by atoms with van der Waals surface area (Å²) in [5.41, 5.74) is -0.747. The van der Waals surface area contributed by atoms with Crippen LogP contribution < -0.4 is 0 Å². The second-order valence-electron chi connectivity index (χ2n) is 4.81. The number of benzene rings is 2. The highest BCUT2D eigenvalue weighted by Gasteiger charge is 2.35. The molecule has 0 spiro atoms. The van der Waals surface area contributed by atoms with Crippen LogP contribution in [0.3, 0.4) is 0 Å². The number of hydrogen-bond donors (Lipinski definition) is 0. The maximum Gasteiger partial charge on any atom is 0.417 e. The number of esters is 2. The molecule has 0 atom stereocenters. The molecular formula is C17H13F3O4. The van der Waals surface area contributed by atoms with Crippen molar-refractivity contribution in [1.29, 1.82) is 0 Å². The molecule has 0 amide bonds. The Hall–Kier alpha value is -2.83. The predicted octanol–water partition coefficient (Wildman–Crippen LogP) is 3.85. The van der Waals surface area contributed by atoms with E-state index in [1.54, 1.807) is 0 Å². The predicted molar refractivity (Wildman–Crippen MR) is 78.3 cm³/mol. The van der Waals surface area contributed by atoms with Crippen LogP contribution in [0.5, 0.6) is 0 Å². The summed E-state index contributed by atoms with van der Waals surface area (Å²) in [5, 5.41) is 0. The van der Waals surface area contributed by atoms with Gasteiger partial charge in [0.25, 0.3) is 0 Å². The molecular weight excluding hydrogens is 325 g/mol. The quantitative estimate of drug-likeness (QED) is 0.795. The van der Waals surface area contributed by atoms with Gasteiger partial charge >= 0.3 is 18.1 Å². The molecule has 24 heavy (non-hydrogen) atoms. The van der Waals surface area contributed by atoms with Gasteiger partial charge < -0.3 is 9.47 Å². The summed E-state index contributed by atoms with van der Waals surface area (Å²) in [5.74, 6) is -1.59. The van der Waals surface area contributed by atoms with Gasteiger partial charge in [0.15, 0.2) is 0 Å². The van der Waals surface area contributed by atoms with E-state index in [1.165, 1.54) is 43.5 Å². The number of ether oxygens (including phenoxy) is 2. The molecule has 0 aliphatic carbocycles. The van der Waals surface area contributed by atoms with Crippen molar-refractivity contribution in [2.45, 2.75) is 12.8 Å². The number of alkyl halides is 3. The maximum atomic E-state index is 12.9. The van der Waals surface area contributed by atoms with Crippen LogP contribution in [-0.2, 0) is 22.3 Å². The van der Waals surface area contributed by atoms with Gasteiger partial charge in [0.05, 0.1) is 23.8 Å². The Morgan fingerprint density at radius 2 is 1.58 bits per heavy atom. The summed E-state index contributed by atoms with van der Waals surface area (Å²) in [6.45, 7) is -0.216. The van der Waals surface area contributed by atoms with Crippen molar-refractivity contribution in [1.82, 2.24) is 0 Å². The van der Waals surface area contributed by atoms with Crippen LogP contribution in [0.1, 0.15) is 31.8 Å². The first-order valence-corrected chi connectivity index (χ1v) is 6.83. The molecule has 2 rings (SSSR count). The average molecular weight is 338 g/mol. The zero-order valence-corrected chi connectivity index (χ0v) is 12.6. The lowest BCUT2D eigenvalue weighted by molar-refractivity contribution is -0.138. The second-order valence-corrected chi connectivity index (χ2v) is 4.81. The van der Waals surface area contributed by atoms with Crippen LogP contribution >= 0.6 is 0 Å². The van der Waals surface area contributed by atoms with Gasteiger partial charge in [0.1, 0.15) is 6.61 Å². The molecule has 0 radical (unpaired) electrons. The molecule has 0 unspecified atom stereocenters. The van der Waals surface area contributed by atoms with Crippen LogP contribution in [0.25, 0.3) is 0 Å². The molecule has 126 valence electrons. The second kappa shape index (κ2) is 7.16. The van der Waals surface area contributed by atoms with Crippen LogP contribution in [0.4, 0.5) is 13.2 Å². The Morgan fingerprint density at radius 3 is 2.17 bits per heavy atom. The molecule has 0 heterocycles. The van der Waals surface area contributed by atoms with Crippen LogP contribution in [0, 0.1) is 0 Å². The first kappa shape index (κ1) is 17.5. The first-order valence-electron chi connectivity index (χ1n) is 6.83. The number of rotatable bonds is 4. The number of carbonyl (C=O) groups excluding carboxylic acids is 2. The monoisotopic (exact) mass is 338 g/mol. The third-order valence-electron chi connectivity index (χ3n) is 3.20. The lowest BCUT2D eigenvalue weighted by atomic mass is 10.1. The Kier molecular flexibility index (Phi) is 5.23. The van der Waals surface area contributed by atoms with Crippen molar-refractivity contribution < 1.29 is 32.2 Å². The smallest absolute Gasteiger partial charge is 0.417 e. The minimum atomic E-state index is -4.64. The van der Waals surface area contributed by atoms with E-state index in [9.17, 15) is 22.8 Å². The summed E-state index contributed by atoms with van der Waals surface area (Å²) in [4.78, 5) is 23.2. The van der Waals surface area contributed by atoms with Crippen molar-refractivity contribution in [3.8, 4) is 0 Å². The third-order valence-corrected chi connectivity index (χ3v) is 3.20. The fourth-order valence-corrected chi connectivity index (χ4v) is 1.99. The summed E-state index contributed by atoms with van der Waals surface area (Å²) in [7, 11) is 1.25. The van der Waals surface area contributed by atoms with E-state index in [0.29, 0.717) is 11.1 Å². The Balaban J connectivity index is 2.08. The van der Waals surface area contributed by atoms with Gasteiger partial charge in [-0.2, -0.15) is 13.2 Å². The summed E-state index contributed by atoms with van der Waals surface area (Å²) in [6, 6.07) is 10.4. The van der Waals surface area contributed by atoms with E-state index >= 15 is 0 Å². The van der Waals surface area contributed by atoms with E-state index in [0.717, 1.165) is 12.1 Å². The van der Waals surface area contributed by atoms with Gasteiger partial charge in [-0.1, -0.05) is 24.3 Å². The van der Waals surface area contributed by atoms with E-state index in [4.69, 9.17) is 4.74 Å². The van der Waals surface area contributed by atoms with Gasteiger partial charge in [-0.05, 0) is 29.8 Å². The van der Waals surface area contributed by atoms with Crippen LogP contribution in [0.15, 0.2) is 48.5 Å². The molecule has 2 aromatic carbocycles. The van der Waals surface area contributed by atoms with E-state index in [2.05, 4.69) is 4.74 Å². The molecule has 0 saturated heterocycles. The molecule has 0 fully saturated rings. The van der Waals surface area contributed by atoms with Crippen molar-refractivity contribution >= 4 is 11.9 Å². The molecule has 0 aromatic heterocycles. The van der Waals surface area contributed by atoms with Gasteiger partial charge in [0, 0.05) is 0 Å². The molecule has 7 heteroatoms. The number of carbonyl (C=O) groups is 2. The molecule has 0 aliphatic rings. The highest BCUT2D eigenvalue weighted by Crippen LogP contribution is 2.32. The van der Waals surface area contributed by atoms with Gasteiger partial charge in [0.2, 0.25) is 0 Å². The largest absolute Gasteiger partial charge is 0.465 e. The zero-order chi connectivity index (χ0) is 17.7. The number of halogens is 3. The first-order chi connectivity index (χ1) is 11.3. The fraction of sp³-hybridized carbons (Fsp3) is 0.176. The van der Waals surface area contributed by atoms with Gasteiger partial charge in [-0.3, -0.25) is 0 Å². The third kappa shape index (κ3) is 4.13. The summed E-state index contributed by atoms with van der Waals surface area (Å²) >= 11 is 0. The van der Waals surface area contributed by atoms with E-state index in [1.807, 2.05) is 0 Å². The van der Waals surface area contributed by atoms with Crippen molar-refractivity contribution in [2.75, 3.05) is 7.11 Å². The Labute approximate surface area is 135 Å². The van der Waals surface area contributed by atoms with Gasteiger partial charge in [-0.15, -0.1) is 0 Å².